The Balaban J connectivity index is 1.92. The van der Waals surface area contributed by atoms with Gasteiger partial charge >= 0.3 is 12.0 Å². The number of urea groups is 1. The summed E-state index contributed by atoms with van der Waals surface area (Å²) in [6.45, 7) is 4.59. The van der Waals surface area contributed by atoms with Gasteiger partial charge in [-0.15, -0.1) is 0 Å². The van der Waals surface area contributed by atoms with E-state index in [2.05, 4.69) is 12.2 Å². The van der Waals surface area contributed by atoms with Crippen molar-refractivity contribution in [1.29, 1.82) is 0 Å². The molecule has 2 rings (SSSR count). The van der Waals surface area contributed by atoms with Gasteiger partial charge in [-0.1, -0.05) is 13.8 Å². The smallest absolute Gasteiger partial charge is 0.326 e. The van der Waals surface area contributed by atoms with E-state index in [9.17, 15) is 9.59 Å². The summed E-state index contributed by atoms with van der Waals surface area (Å²) < 4.78 is 0. The van der Waals surface area contributed by atoms with Crippen LogP contribution in [-0.4, -0.2) is 40.6 Å². The van der Waals surface area contributed by atoms with Gasteiger partial charge in [-0.2, -0.15) is 0 Å². The summed E-state index contributed by atoms with van der Waals surface area (Å²) in [5.41, 5.74) is 0. The van der Waals surface area contributed by atoms with E-state index in [0.29, 0.717) is 12.5 Å². The lowest BCUT2D eigenvalue weighted by Gasteiger charge is -2.35. The molecule has 0 aromatic carbocycles. The van der Waals surface area contributed by atoms with Crippen molar-refractivity contribution in [1.82, 2.24) is 10.2 Å². The highest BCUT2D eigenvalue weighted by Crippen LogP contribution is 2.28. The van der Waals surface area contributed by atoms with Crippen molar-refractivity contribution < 1.29 is 14.7 Å². The number of carboxylic acid groups (broad SMARTS) is 1. The molecule has 17 heavy (non-hydrogen) atoms. The zero-order chi connectivity index (χ0) is 12.6. The summed E-state index contributed by atoms with van der Waals surface area (Å²) in [7, 11) is 0. The number of likely N-dealkylation sites (tertiary alicyclic amines) is 1. The van der Waals surface area contributed by atoms with Crippen molar-refractivity contribution >= 4 is 12.0 Å². The minimum Gasteiger partial charge on any atom is -0.480 e. The Morgan fingerprint density at radius 1 is 1.29 bits per heavy atom. The molecule has 0 radical (unpaired) electrons. The van der Waals surface area contributed by atoms with Crippen molar-refractivity contribution in [3.8, 4) is 0 Å². The van der Waals surface area contributed by atoms with Crippen LogP contribution in [0.5, 0.6) is 0 Å². The predicted molar refractivity (Wildman–Crippen MR) is 62.6 cm³/mol. The van der Waals surface area contributed by atoms with Gasteiger partial charge in [-0.3, -0.25) is 0 Å². The normalized spacial score (nSPS) is 36.5. The molecule has 2 N–H and O–H groups in total. The number of aliphatic carboxylic acids is 1. The second kappa shape index (κ2) is 4.55. The Morgan fingerprint density at radius 3 is 2.47 bits per heavy atom. The van der Waals surface area contributed by atoms with E-state index in [1.54, 1.807) is 0 Å². The lowest BCUT2D eigenvalue weighted by molar-refractivity contribution is -0.142. The molecule has 2 aliphatic rings. The Bertz CT molecular complexity index is 326. The monoisotopic (exact) mass is 240 g/mol. The molecule has 2 unspecified atom stereocenters. The first kappa shape index (κ1) is 12.2. The van der Waals surface area contributed by atoms with Gasteiger partial charge < -0.3 is 15.3 Å². The Kier molecular flexibility index (Phi) is 3.26. The molecule has 0 spiro atoms. The Labute approximate surface area is 101 Å². The van der Waals surface area contributed by atoms with Gasteiger partial charge in [0.1, 0.15) is 6.04 Å². The van der Waals surface area contributed by atoms with Crippen LogP contribution in [0.3, 0.4) is 0 Å². The molecular formula is C12H20N2O3. The predicted octanol–water partition coefficient (Wildman–Crippen LogP) is 1.29. The third-order valence-corrected chi connectivity index (χ3v) is 3.92. The van der Waals surface area contributed by atoms with Gasteiger partial charge in [0.25, 0.3) is 0 Å². The highest BCUT2D eigenvalue weighted by molar-refractivity contribution is 5.83. The van der Waals surface area contributed by atoms with Gasteiger partial charge in [0.15, 0.2) is 0 Å². The molecule has 1 saturated carbocycles. The third-order valence-electron chi connectivity index (χ3n) is 3.92. The SMILES string of the molecule is CC1CC(NC(=O)N2CCC(C)C2C(=O)O)C1. The van der Waals surface area contributed by atoms with Gasteiger partial charge in [-0.25, -0.2) is 9.59 Å². The van der Waals surface area contributed by atoms with E-state index in [-0.39, 0.29) is 18.0 Å². The molecule has 5 heteroatoms. The van der Waals surface area contributed by atoms with E-state index in [1.165, 1.54) is 4.90 Å². The number of hydrogen-bond donors (Lipinski definition) is 2. The summed E-state index contributed by atoms with van der Waals surface area (Å²) in [5, 5.41) is 12.0. The number of carboxylic acids is 1. The van der Waals surface area contributed by atoms with Crippen molar-refractivity contribution in [2.45, 2.75) is 45.2 Å². The maximum atomic E-state index is 12.0. The van der Waals surface area contributed by atoms with Crippen LogP contribution < -0.4 is 5.32 Å². The van der Waals surface area contributed by atoms with Crippen molar-refractivity contribution in [3.63, 3.8) is 0 Å². The van der Waals surface area contributed by atoms with Crippen molar-refractivity contribution in [3.05, 3.63) is 0 Å². The molecule has 2 fully saturated rings. The maximum Gasteiger partial charge on any atom is 0.326 e. The molecule has 5 nitrogen and oxygen atoms in total. The molecular weight excluding hydrogens is 220 g/mol. The van der Waals surface area contributed by atoms with Gasteiger partial charge in [0.2, 0.25) is 0 Å². The first-order valence-electron chi connectivity index (χ1n) is 6.29. The number of carbonyl (C=O) groups is 2. The van der Waals surface area contributed by atoms with E-state index < -0.39 is 12.0 Å². The number of nitrogens with zero attached hydrogens (tertiary/aromatic N) is 1. The highest BCUT2D eigenvalue weighted by atomic mass is 16.4. The summed E-state index contributed by atoms with van der Waals surface area (Å²) in [6.07, 6.45) is 2.78. The summed E-state index contributed by atoms with van der Waals surface area (Å²) in [4.78, 5) is 24.6. The maximum absolute atomic E-state index is 12.0. The number of nitrogens with one attached hydrogen (secondary N) is 1. The Morgan fingerprint density at radius 2 is 1.94 bits per heavy atom. The highest BCUT2D eigenvalue weighted by Gasteiger charge is 2.40. The van der Waals surface area contributed by atoms with Crippen LogP contribution in [-0.2, 0) is 4.79 Å². The fraction of sp³-hybridized carbons (Fsp3) is 0.833. The van der Waals surface area contributed by atoms with E-state index in [4.69, 9.17) is 5.11 Å². The lowest BCUT2D eigenvalue weighted by atomic mass is 9.82. The number of carbonyl (C=O) groups excluding carboxylic acids is 1. The zero-order valence-corrected chi connectivity index (χ0v) is 10.3. The third kappa shape index (κ3) is 2.37. The van der Waals surface area contributed by atoms with Crippen LogP contribution in [0.15, 0.2) is 0 Å². The van der Waals surface area contributed by atoms with E-state index >= 15 is 0 Å². The standard InChI is InChI=1S/C12H20N2O3/c1-7-5-9(6-7)13-12(17)14-4-3-8(2)10(14)11(15)16/h7-10H,3-6H2,1-2H3,(H,13,17)(H,15,16). The van der Waals surface area contributed by atoms with E-state index in [0.717, 1.165) is 19.3 Å². The fourth-order valence-electron chi connectivity index (χ4n) is 2.83. The second-order valence-electron chi connectivity index (χ2n) is 5.47. The topological polar surface area (TPSA) is 69.6 Å². The van der Waals surface area contributed by atoms with Gasteiger partial charge in [-0.05, 0) is 31.1 Å². The number of hydrogen-bond acceptors (Lipinski definition) is 2. The average Bonchev–Trinajstić information content (AvgIpc) is 2.57. The first-order valence-corrected chi connectivity index (χ1v) is 6.29. The quantitative estimate of drug-likeness (QED) is 0.764. The molecule has 0 aromatic rings. The lowest BCUT2D eigenvalue weighted by Crippen LogP contribution is -2.52. The van der Waals surface area contributed by atoms with Gasteiger partial charge in [0, 0.05) is 12.6 Å². The number of rotatable bonds is 2. The van der Waals surface area contributed by atoms with Crippen LogP contribution in [0.25, 0.3) is 0 Å². The summed E-state index contributed by atoms with van der Waals surface area (Å²) >= 11 is 0. The molecule has 96 valence electrons. The minimum atomic E-state index is -0.896. The molecule has 2 amide bonds. The Hall–Kier alpha value is -1.26. The van der Waals surface area contributed by atoms with Crippen molar-refractivity contribution in [2.24, 2.45) is 11.8 Å². The average molecular weight is 240 g/mol. The fourth-order valence-corrected chi connectivity index (χ4v) is 2.83. The molecule has 1 aliphatic carbocycles. The number of amides is 2. The van der Waals surface area contributed by atoms with E-state index in [1.807, 2.05) is 6.92 Å². The zero-order valence-electron chi connectivity index (χ0n) is 10.3. The molecule has 1 heterocycles. The van der Waals surface area contributed by atoms with Crippen LogP contribution in [0.2, 0.25) is 0 Å². The summed E-state index contributed by atoms with van der Waals surface area (Å²) in [6, 6.07) is -0.631. The minimum absolute atomic E-state index is 0.0403. The van der Waals surface area contributed by atoms with Crippen molar-refractivity contribution in [2.75, 3.05) is 6.54 Å². The largest absolute Gasteiger partial charge is 0.480 e. The molecule has 1 aliphatic heterocycles. The second-order valence-corrected chi connectivity index (χ2v) is 5.47. The molecule has 0 bridgehead atoms. The summed E-state index contributed by atoms with van der Waals surface area (Å²) in [5.74, 6) is -0.182. The first-order chi connectivity index (χ1) is 7.99. The van der Waals surface area contributed by atoms with Crippen LogP contribution in [0.1, 0.15) is 33.1 Å². The van der Waals surface area contributed by atoms with Crippen LogP contribution >= 0.6 is 0 Å². The molecule has 0 aromatic heterocycles. The molecule has 1 saturated heterocycles. The van der Waals surface area contributed by atoms with Gasteiger partial charge in [0.05, 0.1) is 0 Å². The van der Waals surface area contributed by atoms with Crippen LogP contribution in [0.4, 0.5) is 4.79 Å². The van der Waals surface area contributed by atoms with Crippen LogP contribution in [0, 0.1) is 11.8 Å². The molecule has 2 atom stereocenters.